The second-order valence-electron chi connectivity index (χ2n) is 3.43. The van der Waals surface area contributed by atoms with Crippen molar-refractivity contribution in [2.45, 2.75) is 24.9 Å². The summed E-state index contributed by atoms with van der Waals surface area (Å²) in [5, 5.41) is 7.07. The second-order valence-corrected chi connectivity index (χ2v) is 4.50. The van der Waals surface area contributed by atoms with Gasteiger partial charge in [0.2, 0.25) is 0 Å². The van der Waals surface area contributed by atoms with Gasteiger partial charge in [0, 0.05) is 23.6 Å². The molecule has 11 heavy (non-hydrogen) atoms. The van der Waals surface area contributed by atoms with Crippen LogP contribution < -0.4 is 10.6 Å². The fraction of sp³-hybridized carbons (Fsp3) is 1.00. The van der Waals surface area contributed by atoms with Crippen molar-refractivity contribution in [3.05, 3.63) is 0 Å². The first-order valence-corrected chi connectivity index (χ1v) is 5.65. The summed E-state index contributed by atoms with van der Waals surface area (Å²) in [5.41, 5.74) is 0. The summed E-state index contributed by atoms with van der Waals surface area (Å²) >= 11 is 2.06. The third-order valence-corrected chi connectivity index (χ3v) is 3.72. The summed E-state index contributed by atoms with van der Waals surface area (Å²) in [6, 6.07) is 1.64. The monoisotopic (exact) mass is 172 g/mol. The van der Waals surface area contributed by atoms with Gasteiger partial charge in [-0.05, 0) is 25.9 Å². The Bertz CT molecular complexity index is 119. The van der Waals surface area contributed by atoms with Crippen molar-refractivity contribution in [2.24, 2.45) is 0 Å². The van der Waals surface area contributed by atoms with Gasteiger partial charge >= 0.3 is 0 Å². The molecule has 0 unspecified atom stereocenters. The van der Waals surface area contributed by atoms with E-state index in [4.69, 9.17) is 0 Å². The molecule has 2 N–H and O–H groups in total. The van der Waals surface area contributed by atoms with Crippen LogP contribution >= 0.6 is 11.8 Å². The third kappa shape index (κ3) is 2.10. The number of hydrogen-bond acceptors (Lipinski definition) is 3. The fourth-order valence-electron chi connectivity index (χ4n) is 1.65. The second kappa shape index (κ2) is 3.78. The van der Waals surface area contributed by atoms with E-state index in [1.54, 1.807) is 0 Å². The molecular weight excluding hydrogens is 156 g/mol. The van der Waals surface area contributed by atoms with Crippen LogP contribution in [-0.2, 0) is 0 Å². The van der Waals surface area contributed by atoms with Crippen molar-refractivity contribution in [2.75, 3.05) is 24.6 Å². The van der Waals surface area contributed by atoms with Gasteiger partial charge in [0.1, 0.15) is 0 Å². The van der Waals surface area contributed by atoms with Crippen LogP contribution in [0, 0.1) is 0 Å². The quantitative estimate of drug-likeness (QED) is 0.632. The minimum absolute atomic E-state index is 0.808. The maximum atomic E-state index is 3.69. The lowest BCUT2D eigenvalue weighted by Gasteiger charge is -2.33. The minimum atomic E-state index is 0.808. The minimum Gasteiger partial charge on any atom is -0.317 e. The molecule has 0 aromatic carbocycles. The van der Waals surface area contributed by atoms with Gasteiger partial charge in [-0.15, -0.1) is 0 Å². The summed E-state index contributed by atoms with van der Waals surface area (Å²) in [4.78, 5) is 0. The van der Waals surface area contributed by atoms with Gasteiger partial charge in [-0.3, -0.25) is 0 Å². The first kappa shape index (κ1) is 7.90. The molecule has 0 aromatic heterocycles. The molecule has 2 fully saturated rings. The molecule has 0 radical (unpaired) electrons. The average molecular weight is 172 g/mol. The van der Waals surface area contributed by atoms with Crippen molar-refractivity contribution in [3.8, 4) is 0 Å². The highest BCUT2D eigenvalue weighted by atomic mass is 32.2. The Morgan fingerprint density at radius 2 is 1.82 bits per heavy atom. The molecule has 64 valence electrons. The molecule has 2 aliphatic heterocycles. The summed E-state index contributed by atoms with van der Waals surface area (Å²) < 4.78 is 0. The van der Waals surface area contributed by atoms with Crippen LogP contribution in [0.1, 0.15) is 12.8 Å². The molecule has 2 nitrogen and oxygen atoms in total. The molecule has 2 rings (SSSR count). The number of rotatable bonds is 2. The highest BCUT2D eigenvalue weighted by Gasteiger charge is 2.22. The number of piperidine rings is 1. The largest absolute Gasteiger partial charge is 0.317 e. The number of thioether (sulfide) groups is 1. The Morgan fingerprint density at radius 1 is 1.09 bits per heavy atom. The van der Waals surface area contributed by atoms with E-state index < -0.39 is 0 Å². The Labute approximate surface area is 72.5 Å². The van der Waals surface area contributed by atoms with Crippen molar-refractivity contribution < 1.29 is 0 Å². The summed E-state index contributed by atoms with van der Waals surface area (Å²) in [7, 11) is 0. The predicted molar refractivity (Wildman–Crippen MR) is 50.1 cm³/mol. The lowest BCUT2D eigenvalue weighted by molar-refractivity contribution is 0.363. The van der Waals surface area contributed by atoms with E-state index in [9.17, 15) is 0 Å². The lowest BCUT2D eigenvalue weighted by Crippen LogP contribution is -2.49. The average Bonchev–Trinajstić information content (AvgIpc) is 1.99. The van der Waals surface area contributed by atoms with Gasteiger partial charge in [-0.2, -0.15) is 11.8 Å². The van der Waals surface area contributed by atoms with Crippen LogP contribution in [-0.4, -0.2) is 36.7 Å². The van der Waals surface area contributed by atoms with Crippen molar-refractivity contribution in [3.63, 3.8) is 0 Å². The van der Waals surface area contributed by atoms with Crippen molar-refractivity contribution in [1.82, 2.24) is 10.6 Å². The highest BCUT2D eigenvalue weighted by Crippen LogP contribution is 2.18. The molecule has 0 saturated carbocycles. The smallest absolute Gasteiger partial charge is 0.0251 e. The van der Waals surface area contributed by atoms with Gasteiger partial charge in [0.25, 0.3) is 0 Å². The Kier molecular flexibility index (Phi) is 2.72. The maximum absolute atomic E-state index is 3.69. The molecule has 2 saturated heterocycles. The van der Waals surface area contributed by atoms with E-state index in [0.29, 0.717) is 0 Å². The van der Waals surface area contributed by atoms with E-state index in [1.807, 2.05) is 0 Å². The van der Waals surface area contributed by atoms with Crippen LogP contribution in [0.4, 0.5) is 0 Å². The van der Waals surface area contributed by atoms with Gasteiger partial charge < -0.3 is 10.6 Å². The fourth-order valence-corrected chi connectivity index (χ4v) is 2.32. The molecule has 0 amide bonds. The van der Waals surface area contributed by atoms with E-state index in [2.05, 4.69) is 22.4 Å². The number of nitrogens with one attached hydrogen (secondary N) is 2. The van der Waals surface area contributed by atoms with E-state index in [-0.39, 0.29) is 0 Å². The Morgan fingerprint density at radius 3 is 2.36 bits per heavy atom. The van der Waals surface area contributed by atoms with E-state index >= 15 is 0 Å². The molecule has 0 spiro atoms. The first-order chi connectivity index (χ1) is 5.45. The Balaban J connectivity index is 1.67. The Hall–Kier alpha value is 0.270. The van der Waals surface area contributed by atoms with E-state index in [1.165, 1.54) is 37.4 Å². The van der Waals surface area contributed by atoms with Crippen LogP contribution in [0.25, 0.3) is 0 Å². The van der Waals surface area contributed by atoms with Crippen LogP contribution in [0.3, 0.4) is 0 Å². The zero-order valence-electron chi connectivity index (χ0n) is 6.81. The lowest BCUT2D eigenvalue weighted by atomic mass is 10.1. The molecule has 0 aromatic rings. The van der Waals surface area contributed by atoms with Crippen molar-refractivity contribution in [1.29, 1.82) is 0 Å². The standard InChI is InChI=1S/C8H16N2S/c1-3-9-4-2-7(1)10-8-5-11-6-8/h7-10H,1-6H2. The molecule has 3 heteroatoms. The predicted octanol–water partition coefficient (Wildman–Crippen LogP) is 0.443. The van der Waals surface area contributed by atoms with Gasteiger partial charge in [0.15, 0.2) is 0 Å². The number of hydrogen-bond donors (Lipinski definition) is 2. The summed E-state index contributed by atoms with van der Waals surface area (Å²) in [5.74, 6) is 2.67. The van der Waals surface area contributed by atoms with E-state index in [0.717, 1.165) is 12.1 Å². The van der Waals surface area contributed by atoms with Crippen LogP contribution in [0.15, 0.2) is 0 Å². The van der Waals surface area contributed by atoms with Crippen molar-refractivity contribution >= 4 is 11.8 Å². The topological polar surface area (TPSA) is 24.1 Å². The summed E-state index contributed by atoms with van der Waals surface area (Å²) in [6.07, 6.45) is 2.64. The zero-order valence-corrected chi connectivity index (χ0v) is 7.62. The maximum Gasteiger partial charge on any atom is 0.0251 e. The molecule has 0 bridgehead atoms. The zero-order chi connectivity index (χ0) is 7.52. The molecule has 2 heterocycles. The SMILES string of the molecule is C1CC(NC2CSC2)CCN1. The summed E-state index contributed by atoms with van der Waals surface area (Å²) in [6.45, 7) is 2.41. The molecular formula is C8H16N2S. The van der Waals surface area contributed by atoms with Crippen LogP contribution in [0.2, 0.25) is 0 Å². The normalized spacial score (nSPS) is 28.4. The first-order valence-electron chi connectivity index (χ1n) is 4.49. The molecule has 0 atom stereocenters. The van der Waals surface area contributed by atoms with Gasteiger partial charge in [-0.25, -0.2) is 0 Å². The molecule has 2 aliphatic rings. The van der Waals surface area contributed by atoms with Gasteiger partial charge in [0.05, 0.1) is 0 Å². The van der Waals surface area contributed by atoms with Crippen LogP contribution in [0.5, 0.6) is 0 Å². The molecule has 0 aliphatic carbocycles. The highest BCUT2D eigenvalue weighted by molar-refractivity contribution is 8.00. The third-order valence-electron chi connectivity index (χ3n) is 2.45. The van der Waals surface area contributed by atoms with Gasteiger partial charge in [-0.1, -0.05) is 0 Å².